The number of carbonyl (C=O) groups is 1. The summed E-state index contributed by atoms with van der Waals surface area (Å²) in [6.07, 6.45) is 1.05. The normalized spacial score (nSPS) is 16.6. The second-order valence-corrected chi connectivity index (χ2v) is 10.4. The first-order chi connectivity index (χ1) is 12.8. The lowest BCUT2D eigenvalue weighted by Gasteiger charge is -2.33. The number of aromatic nitrogens is 2. The summed E-state index contributed by atoms with van der Waals surface area (Å²) in [7, 11) is -3.62. The number of amides is 1. The van der Waals surface area contributed by atoms with Crippen molar-refractivity contribution in [2.75, 3.05) is 28.2 Å². The molecule has 0 bridgehead atoms. The minimum Gasteiger partial charge on any atom is -0.476 e. The molecule has 0 saturated carbocycles. The van der Waals surface area contributed by atoms with E-state index in [1.807, 2.05) is 0 Å². The van der Waals surface area contributed by atoms with Crippen LogP contribution < -0.4 is 14.4 Å². The average molecular weight is 449 g/mol. The molecule has 2 aromatic rings. The summed E-state index contributed by atoms with van der Waals surface area (Å²) < 4.78 is 31.9. The Morgan fingerprint density at radius 3 is 2.96 bits per heavy atom. The molecule has 1 aliphatic heterocycles. The van der Waals surface area contributed by atoms with Gasteiger partial charge in [-0.3, -0.25) is 14.4 Å². The number of ether oxygens (including phenoxy) is 1. The van der Waals surface area contributed by atoms with Gasteiger partial charge in [0.25, 0.3) is 5.91 Å². The van der Waals surface area contributed by atoms with Crippen LogP contribution in [-0.2, 0) is 14.8 Å². The van der Waals surface area contributed by atoms with Gasteiger partial charge in [0.1, 0.15) is 5.75 Å². The van der Waals surface area contributed by atoms with Crippen molar-refractivity contribution < 1.29 is 17.9 Å². The Bertz CT molecular complexity index is 950. The zero-order valence-corrected chi connectivity index (χ0v) is 17.7. The molecule has 0 radical (unpaired) electrons. The van der Waals surface area contributed by atoms with Gasteiger partial charge >= 0.3 is 0 Å². The maximum Gasteiger partial charge on any atom is 0.269 e. The number of benzene rings is 1. The van der Waals surface area contributed by atoms with Gasteiger partial charge in [-0.2, -0.15) is 0 Å². The monoisotopic (exact) mass is 448 g/mol. The lowest BCUT2D eigenvalue weighted by molar-refractivity contribution is -0.122. The number of hydrogen-bond acceptors (Lipinski definition) is 8. The highest BCUT2D eigenvalue weighted by Crippen LogP contribution is 2.37. The number of sulfonamides is 1. The summed E-state index contributed by atoms with van der Waals surface area (Å²) in [6, 6.07) is 4.61. The van der Waals surface area contributed by atoms with E-state index in [-0.39, 0.29) is 12.3 Å². The molecule has 0 saturated heterocycles. The van der Waals surface area contributed by atoms with Crippen LogP contribution in [0.2, 0.25) is 5.02 Å². The molecular weight excluding hydrogens is 432 g/mol. The van der Waals surface area contributed by atoms with E-state index in [0.29, 0.717) is 15.8 Å². The van der Waals surface area contributed by atoms with Crippen LogP contribution in [0.25, 0.3) is 0 Å². The highest BCUT2D eigenvalue weighted by molar-refractivity contribution is 8.01. The number of rotatable bonds is 6. The predicted octanol–water partition coefficient (Wildman–Crippen LogP) is 2.86. The molecule has 1 aromatic carbocycles. The van der Waals surface area contributed by atoms with E-state index in [1.165, 1.54) is 17.4 Å². The highest BCUT2D eigenvalue weighted by atomic mass is 35.5. The Balaban J connectivity index is 1.78. The van der Waals surface area contributed by atoms with Gasteiger partial charge in [-0.25, -0.2) is 8.42 Å². The molecule has 0 spiro atoms. The number of hydrogen-bond donors (Lipinski definition) is 1. The molecule has 1 aromatic heterocycles. The second kappa shape index (κ2) is 8.21. The van der Waals surface area contributed by atoms with E-state index < -0.39 is 22.0 Å². The van der Waals surface area contributed by atoms with E-state index in [2.05, 4.69) is 22.4 Å². The lowest BCUT2D eigenvalue weighted by atomic mass is 10.2. The zero-order chi connectivity index (χ0) is 19.6. The number of halogens is 1. The Kier molecular flexibility index (Phi) is 6.14. The van der Waals surface area contributed by atoms with Crippen LogP contribution in [0, 0.1) is 0 Å². The minimum atomic E-state index is -3.62. The van der Waals surface area contributed by atoms with Crippen molar-refractivity contribution >= 4 is 61.4 Å². The molecule has 8 nitrogen and oxygen atoms in total. The van der Waals surface area contributed by atoms with Crippen LogP contribution in [0.3, 0.4) is 0 Å². The molecule has 1 atom stereocenters. The first kappa shape index (κ1) is 20.2. The Labute approximate surface area is 170 Å². The topological polar surface area (TPSA) is 101 Å². The van der Waals surface area contributed by atoms with Gasteiger partial charge in [-0.05, 0) is 24.6 Å². The number of fused-ring (bicyclic) bond motifs is 1. The molecule has 1 aliphatic rings. The van der Waals surface area contributed by atoms with Gasteiger partial charge in [0.2, 0.25) is 15.2 Å². The number of anilines is 2. The van der Waals surface area contributed by atoms with Crippen molar-refractivity contribution in [1.82, 2.24) is 10.2 Å². The van der Waals surface area contributed by atoms with Crippen molar-refractivity contribution in [3.05, 3.63) is 23.2 Å². The molecular formula is C15H17ClN4O4S3. The third-order valence-electron chi connectivity index (χ3n) is 3.55. The molecule has 146 valence electrons. The van der Waals surface area contributed by atoms with Crippen LogP contribution in [0.5, 0.6) is 5.75 Å². The highest BCUT2D eigenvalue weighted by Gasteiger charge is 2.35. The first-order valence-corrected chi connectivity index (χ1v) is 12.0. The van der Waals surface area contributed by atoms with Crippen molar-refractivity contribution in [3.63, 3.8) is 0 Å². The molecule has 27 heavy (non-hydrogen) atoms. The van der Waals surface area contributed by atoms with Crippen molar-refractivity contribution in [2.24, 2.45) is 0 Å². The van der Waals surface area contributed by atoms with Crippen LogP contribution in [-0.4, -0.2) is 49.2 Å². The molecule has 0 aliphatic carbocycles. The van der Waals surface area contributed by atoms with Crippen LogP contribution in [0.4, 0.5) is 10.8 Å². The third-order valence-corrected chi connectivity index (χ3v) is 7.11. The van der Waals surface area contributed by atoms with Crippen molar-refractivity contribution in [1.29, 1.82) is 0 Å². The summed E-state index contributed by atoms with van der Waals surface area (Å²) in [6.45, 7) is 1.91. The maximum atomic E-state index is 12.6. The molecule has 3 rings (SSSR count). The van der Waals surface area contributed by atoms with Gasteiger partial charge in [0.05, 0.1) is 18.5 Å². The van der Waals surface area contributed by atoms with E-state index in [4.69, 9.17) is 16.3 Å². The number of nitrogens with zero attached hydrogens (tertiary/aromatic N) is 3. The zero-order valence-electron chi connectivity index (χ0n) is 14.5. The van der Waals surface area contributed by atoms with Gasteiger partial charge in [0, 0.05) is 10.8 Å². The second-order valence-electron chi connectivity index (χ2n) is 5.72. The molecule has 2 heterocycles. The molecule has 1 amide bonds. The van der Waals surface area contributed by atoms with E-state index in [9.17, 15) is 13.2 Å². The van der Waals surface area contributed by atoms with Crippen LogP contribution in [0.1, 0.15) is 13.3 Å². The summed E-state index contributed by atoms with van der Waals surface area (Å²) in [5, 5.41) is 11.3. The number of carbonyl (C=O) groups excluding carboxylic acids is 1. The maximum absolute atomic E-state index is 12.6. The van der Waals surface area contributed by atoms with Gasteiger partial charge in [-0.15, -0.1) is 10.2 Å². The SMILES string of the molecule is CCCSc1nnc(NC(=O)[C@@H]2CN(S(C)(=O)=O)c3cc(Cl)ccc3O2)s1. The third kappa shape index (κ3) is 4.84. The van der Waals surface area contributed by atoms with Crippen LogP contribution in [0.15, 0.2) is 22.5 Å². The van der Waals surface area contributed by atoms with Crippen LogP contribution >= 0.6 is 34.7 Å². The standard InChI is InChI=1S/C15H17ClN4O4S3/c1-3-6-25-15-19-18-14(26-15)17-13(21)12-8-20(27(2,22)23)10-7-9(16)4-5-11(10)24-12/h4-5,7,12H,3,6,8H2,1-2H3,(H,17,18,21)/t12-/m0/s1. The smallest absolute Gasteiger partial charge is 0.269 e. The van der Waals surface area contributed by atoms with Crippen molar-refractivity contribution in [2.45, 2.75) is 23.8 Å². The van der Waals surface area contributed by atoms with E-state index in [0.717, 1.165) is 27.1 Å². The Hall–Kier alpha value is -1.56. The van der Waals surface area contributed by atoms with E-state index >= 15 is 0 Å². The van der Waals surface area contributed by atoms with Gasteiger partial charge < -0.3 is 4.74 Å². The van der Waals surface area contributed by atoms with E-state index in [1.54, 1.807) is 23.9 Å². The van der Waals surface area contributed by atoms with Gasteiger partial charge in [-0.1, -0.05) is 41.6 Å². The van der Waals surface area contributed by atoms with Gasteiger partial charge in [0.15, 0.2) is 10.4 Å². The fraction of sp³-hybridized carbons (Fsp3) is 0.400. The van der Waals surface area contributed by atoms with Crippen molar-refractivity contribution in [3.8, 4) is 5.75 Å². The largest absolute Gasteiger partial charge is 0.476 e. The molecule has 0 fully saturated rings. The summed E-state index contributed by atoms with van der Waals surface area (Å²) in [4.78, 5) is 12.6. The number of nitrogens with one attached hydrogen (secondary N) is 1. The Morgan fingerprint density at radius 2 is 2.26 bits per heavy atom. The number of thioether (sulfide) groups is 1. The predicted molar refractivity (Wildman–Crippen MR) is 108 cm³/mol. The first-order valence-electron chi connectivity index (χ1n) is 7.99. The Morgan fingerprint density at radius 1 is 1.48 bits per heavy atom. The molecule has 12 heteroatoms. The summed E-state index contributed by atoms with van der Waals surface area (Å²) >= 11 is 8.79. The summed E-state index contributed by atoms with van der Waals surface area (Å²) in [5.41, 5.74) is 0.309. The average Bonchev–Trinajstić information content (AvgIpc) is 3.05. The lowest BCUT2D eigenvalue weighted by Crippen LogP contribution is -2.48. The summed E-state index contributed by atoms with van der Waals surface area (Å²) in [5.74, 6) is 0.692. The molecule has 0 unspecified atom stereocenters. The fourth-order valence-corrected chi connectivity index (χ4v) is 5.12. The quantitative estimate of drug-likeness (QED) is 0.535. The fourth-order valence-electron chi connectivity index (χ4n) is 2.37. The minimum absolute atomic E-state index is 0.158. The molecule has 1 N–H and O–H groups in total.